The average molecular weight is 301 g/mol. The summed E-state index contributed by atoms with van der Waals surface area (Å²) in [7, 11) is -1.97. The summed E-state index contributed by atoms with van der Waals surface area (Å²) in [4.78, 5) is 0.379. The highest BCUT2D eigenvalue weighted by atomic mass is 32.2. The van der Waals surface area contributed by atoms with Gasteiger partial charge in [-0.05, 0) is 49.6 Å². The predicted octanol–water partition coefficient (Wildman–Crippen LogP) is 2.98. The molecule has 0 radical (unpaired) electrons. The number of aryl methyl sites for hydroxylation is 1. The normalized spacial score (nSPS) is 16.7. The van der Waals surface area contributed by atoms with E-state index in [9.17, 15) is 8.42 Å². The molecule has 1 N–H and O–H groups in total. The molecule has 2 aromatic rings. The zero-order valence-electron chi connectivity index (χ0n) is 12.3. The van der Waals surface area contributed by atoms with Gasteiger partial charge in [-0.15, -0.1) is 0 Å². The Morgan fingerprint density at radius 1 is 1.00 bits per heavy atom. The van der Waals surface area contributed by atoms with Crippen molar-refractivity contribution in [2.24, 2.45) is 0 Å². The summed E-state index contributed by atoms with van der Waals surface area (Å²) in [6, 6.07) is 16.1. The smallest absolute Gasteiger partial charge is 0.214 e. The predicted molar refractivity (Wildman–Crippen MR) is 83.9 cm³/mol. The van der Waals surface area contributed by atoms with Crippen LogP contribution in [-0.4, -0.2) is 15.5 Å². The lowest BCUT2D eigenvalue weighted by molar-refractivity contribution is 0.587. The Morgan fingerprint density at radius 3 is 2.24 bits per heavy atom. The minimum atomic E-state index is -3.42. The first-order valence-electron chi connectivity index (χ1n) is 7.10. The molecule has 0 aromatic heterocycles. The van der Waals surface area contributed by atoms with Crippen LogP contribution in [0.1, 0.15) is 29.5 Å². The van der Waals surface area contributed by atoms with Crippen molar-refractivity contribution >= 4 is 10.0 Å². The van der Waals surface area contributed by atoms with Crippen molar-refractivity contribution in [3.8, 4) is 0 Å². The van der Waals surface area contributed by atoms with E-state index >= 15 is 0 Å². The summed E-state index contributed by atoms with van der Waals surface area (Å²) < 4.78 is 26.7. The molecule has 4 heteroatoms. The van der Waals surface area contributed by atoms with Crippen molar-refractivity contribution in [1.29, 1.82) is 0 Å². The quantitative estimate of drug-likeness (QED) is 0.943. The molecule has 0 aliphatic heterocycles. The van der Waals surface area contributed by atoms with Crippen LogP contribution >= 0.6 is 0 Å². The molecule has 2 aromatic carbocycles. The fourth-order valence-corrected chi connectivity index (χ4v) is 3.92. The summed E-state index contributed by atoms with van der Waals surface area (Å²) in [6.07, 6.45) is 2.14. The Kier molecular flexibility index (Phi) is 3.38. The van der Waals surface area contributed by atoms with Gasteiger partial charge in [-0.3, -0.25) is 0 Å². The van der Waals surface area contributed by atoms with Gasteiger partial charge in [-0.2, -0.15) is 0 Å². The molecule has 0 unspecified atom stereocenters. The van der Waals surface area contributed by atoms with Crippen LogP contribution < -0.4 is 4.72 Å². The second-order valence-electron chi connectivity index (χ2n) is 5.64. The largest absolute Gasteiger partial charge is 0.240 e. The van der Waals surface area contributed by atoms with E-state index in [2.05, 4.69) is 22.9 Å². The first-order chi connectivity index (χ1) is 9.99. The van der Waals surface area contributed by atoms with Crippen LogP contribution in [0.3, 0.4) is 0 Å². The first-order valence-corrected chi connectivity index (χ1v) is 8.58. The van der Waals surface area contributed by atoms with E-state index in [1.807, 2.05) is 37.3 Å². The van der Waals surface area contributed by atoms with Crippen molar-refractivity contribution in [2.75, 3.05) is 7.05 Å². The van der Waals surface area contributed by atoms with Crippen LogP contribution in [0.2, 0.25) is 0 Å². The van der Waals surface area contributed by atoms with Crippen molar-refractivity contribution in [2.45, 2.75) is 30.1 Å². The minimum absolute atomic E-state index is 0.00697. The maximum Gasteiger partial charge on any atom is 0.240 e. The molecule has 3 nitrogen and oxygen atoms in total. The number of sulfonamides is 1. The number of nitrogens with one attached hydrogen (secondary N) is 1. The van der Waals surface area contributed by atoms with E-state index in [1.165, 1.54) is 12.6 Å². The molecule has 1 fully saturated rings. The molecule has 1 saturated carbocycles. The zero-order valence-corrected chi connectivity index (χ0v) is 13.1. The highest BCUT2D eigenvalue weighted by Crippen LogP contribution is 2.53. The molecule has 0 saturated heterocycles. The van der Waals surface area contributed by atoms with Crippen LogP contribution in [-0.2, 0) is 15.4 Å². The Hall–Kier alpha value is -1.65. The second kappa shape index (κ2) is 4.97. The highest BCUT2D eigenvalue weighted by molar-refractivity contribution is 7.89. The van der Waals surface area contributed by atoms with Crippen LogP contribution in [0.15, 0.2) is 53.4 Å². The fourth-order valence-electron chi connectivity index (χ4n) is 2.92. The summed E-state index contributed by atoms with van der Waals surface area (Å²) in [5.41, 5.74) is 3.12. The third kappa shape index (κ3) is 2.39. The SMILES string of the molecule is CNS(=O)(=O)c1cc(C2(c3ccccc3)CC2)ccc1C. The summed E-state index contributed by atoms with van der Waals surface area (Å²) in [6.45, 7) is 1.83. The summed E-state index contributed by atoms with van der Waals surface area (Å²) in [5.74, 6) is 0. The van der Waals surface area contributed by atoms with Crippen molar-refractivity contribution in [3.63, 3.8) is 0 Å². The molecular weight excluding hydrogens is 282 g/mol. The lowest BCUT2D eigenvalue weighted by atomic mass is 9.88. The molecule has 0 atom stereocenters. The second-order valence-corrected chi connectivity index (χ2v) is 7.49. The summed E-state index contributed by atoms with van der Waals surface area (Å²) >= 11 is 0. The van der Waals surface area contributed by atoms with Crippen molar-refractivity contribution in [1.82, 2.24) is 4.72 Å². The highest BCUT2D eigenvalue weighted by Gasteiger charge is 2.46. The molecule has 0 spiro atoms. The molecule has 21 heavy (non-hydrogen) atoms. The topological polar surface area (TPSA) is 46.2 Å². The van der Waals surface area contributed by atoms with E-state index in [-0.39, 0.29) is 5.41 Å². The van der Waals surface area contributed by atoms with E-state index in [4.69, 9.17) is 0 Å². The lowest BCUT2D eigenvalue weighted by Gasteiger charge is -2.18. The molecule has 1 aliphatic rings. The van der Waals surface area contributed by atoms with Gasteiger partial charge in [0.05, 0.1) is 4.90 Å². The third-order valence-electron chi connectivity index (χ3n) is 4.38. The Morgan fingerprint density at radius 2 is 1.67 bits per heavy atom. The Bertz CT molecular complexity index is 763. The van der Waals surface area contributed by atoms with Crippen molar-refractivity contribution in [3.05, 3.63) is 65.2 Å². The lowest BCUT2D eigenvalue weighted by Crippen LogP contribution is -2.20. The molecule has 1 aliphatic carbocycles. The van der Waals surface area contributed by atoms with Crippen LogP contribution in [0, 0.1) is 6.92 Å². The Balaban J connectivity index is 2.11. The van der Waals surface area contributed by atoms with Gasteiger partial charge in [0.15, 0.2) is 0 Å². The third-order valence-corrected chi connectivity index (χ3v) is 5.93. The molecule has 0 heterocycles. The standard InChI is InChI=1S/C17H19NO2S/c1-13-8-9-15(12-16(13)21(19,20)18-2)17(10-11-17)14-6-4-3-5-7-14/h3-9,12,18H,10-11H2,1-2H3. The number of hydrogen-bond acceptors (Lipinski definition) is 2. The van der Waals surface area contributed by atoms with Gasteiger partial charge in [0.1, 0.15) is 0 Å². The number of benzene rings is 2. The maximum atomic E-state index is 12.1. The number of hydrogen-bond donors (Lipinski definition) is 1. The molecule has 3 rings (SSSR count). The van der Waals surface area contributed by atoms with Gasteiger partial charge in [0.25, 0.3) is 0 Å². The molecule has 0 amide bonds. The van der Waals surface area contributed by atoms with Crippen LogP contribution in [0.5, 0.6) is 0 Å². The van der Waals surface area contributed by atoms with Gasteiger partial charge in [-0.1, -0.05) is 42.5 Å². The summed E-state index contributed by atoms with van der Waals surface area (Å²) in [5, 5.41) is 0. The zero-order chi connectivity index (χ0) is 15.1. The van der Waals surface area contributed by atoms with E-state index in [0.717, 1.165) is 24.0 Å². The van der Waals surface area contributed by atoms with Crippen LogP contribution in [0.4, 0.5) is 0 Å². The molecule has 0 bridgehead atoms. The molecule has 110 valence electrons. The van der Waals surface area contributed by atoms with Gasteiger partial charge in [0.2, 0.25) is 10.0 Å². The average Bonchev–Trinajstić information content (AvgIpc) is 3.30. The van der Waals surface area contributed by atoms with E-state index in [1.54, 1.807) is 0 Å². The maximum absolute atomic E-state index is 12.1. The molecular formula is C17H19NO2S. The Labute approximate surface area is 126 Å². The van der Waals surface area contributed by atoms with Gasteiger partial charge >= 0.3 is 0 Å². The van der Waals surface area contributed by atoms with Gasteiger partial charge < -0.3 is 0 Å². The van der Waals surface area contributed by atoms with Crippen LogP contribution in [0.25, 0.3) is 0 Å². The van der Waals surface area contributed by atoms with Crippen molar-refractivity contribution < 1.29 is 8.42 Å². The van der Waals surface area contributed by atoms with Gasteiger partial charge in [-0.25, -0.2) is 13.1 Å². The van der Waals surface area contributed by atoms with E-state index < -0.39 is 10.0 Å². The number of rotatable bonds is 4. The fraction of sp³-hybridized carbons (Fsp3) is 0.294. The first kappa shape index (κ1) is 14.3. The van der Waals surface area contributed by atoms with Gasteiger partial charge in [0, 0.05) is 5.41 Å². The van der Waals surface area contributed by atoms with E-state index in [0.29, 0.717) is 4.90 Å². The minimum Gasteiger partial charge on any atom is -0.214 e. The monoisotopic (exact) mass is 301 g/mol.